The molecule has 3 heteroatoms. The molecule has 1 saturated carbocycles. The van der Waals surface area contributed by atoms with Crippen LogP contribution in [-0.2, 0) is 0 Å². The van der Waals surface area contributed by atoms with Crippen molar-refractivity contribution in [2.24, 2.45) is 5.10 Å². The number of hydrogen-bond acceptors (Lipinski definition) is 2. The number of hydrogen-bond donors (Lipinski definition) is 1. The molecule has 0 spiro atoms. The Morgan fingerprint density at radius 2 is 1.68 bits per heavy atom. The van der Waals surface area contributed by atoms with Gasteiger partial charge in [0.05, 0.1) is 0 Å². The summed E-state index contributed by atoms with van der Waals surface area (Å²) in [5.41, 5.74) is 5.78. The van der Waals surface area contributed by atoms with E-state index in [4.69, 9.17) is 0 Å². The van der Waals surface area contributed by atoms with Crippen molar-refractivity contribution >= 4 is 11.6 Å². The first-order chi connectivity index (χ1) is 10.8. The lowest BCUT2D eigenvalue weighted by Gasteiger charge is -2.23. The number of carbonyl (C=O) groups is 1. The lowest BCUT2D eigenvalue weighted by atomic mass is 9.83. The Morgan fingerprint density at radius 1 is 1.00 bits per heavy atom. The molecule has 1 fully saturated rings. The minimum Gasteiger partial charge on any atom is -0.267 e. The van der Waals surface area contributed by atoms with Gasteiger partial charge < -0.3 is 0 Å². The molecule has 1 atom stereocenters. The number of amides is 1. The van der Waals surface area contributed by atoms with Crippen LogP contribution in [0.5, 0.6) is 0 Å². The third-order valence-electron chi connectivity index (χ3n) is 4.12. The average Bonchev–Trinajstić information content (AvgIpc) is 2.61. The fourth-order valence-electron chi connectivity index (χ4n) is 2.94. The molecule has 0 saturated heterocycles. The highest BCUT2D eigenvalue weighted by molar-refractivity contribution is 5.95. The van der Waals surface area contributed by atoms with Gasteiger partial charge in [-0.25, -0.2) is 5.43 Å². The van der Waals surface area contributed by atoms with Crippen molar-refractivity contribution in [3.8, 4) is 0 Å². The number of rotatable bonds is 3. The zero-order valence-electron chi connectivity index (χ0n) is 12.5. The van der Waals surface area contributed by atoms with Gasteiger partial charge in [0.1, 0.15) is 0 Å². The molecule has 1 aliphatic carbocycles. The minimum absolute atomic E-state index is 0.144. The van der Waals surface area contributed by atoms with Gasteiger partial charge in [0.2, 0.25) is 0 Å². The van der Waals surface area contributed by atoms with Gasteiger partial charge in [0, 0.05) is 11.3 Å². The summed E-state index contributed by atoms with van der Waals surface area (Å²) in [6.45, 7) is 0. The summed E-state index contributed by atoms with van der Waals surface area (Å²) in [6.07, 6.45) is 4.22. The van der Waals surface area contributed by atoms with Gasteiger partial charge in [-0.1, -0.05) is 48.5 Å². The second kappa shape index (κ2) is 7.03. The molecule has 0 unspecified atom stereocenters. The van der Waals surface area contributed by atoms with Gasteiger partial charge in [0.15, 0.2) is 0 Å². The second-order valence-corrected chi connectivity index (χ2v) is 5.69. The van der Waals surface area contributed by atoms with Crippen LogP contribution in [-0.4, -0.2) is 11.6 Å². The van der Waals surface area contributed by atoms with Crippen LogP contribution in [0.1, 0.15) is 47.5 Å². The molecule has 2 aromatic rings. The molecule has 0 bridgehead atoms. The van der Waals surface area contributed by atoms with Crippen molar-refractivity contribution in [1.29, 1.82) is 0 Å². The van der Waals surface area contributed by atoms with Crippen molar-refractivity contribution in [1.82, 2.24) is 5.43 Å². The van der Waals surface area contributed by atoms with E-state index in [0.717, 1.165) is 25.0 Å². The Bertz CT molecular complexity index is 650. The van der Waals surface area contributed by atoms with E-state index >= 15 is 0 Å². The summed E-state index contributed by atoms with van der Waals surface area (Å²) in [5, 5.41) is 4.35. The standard InChI is InChI=1S/C19H20N2O/c22-19(16-10-5-2-6-11-16)21-20-18-13-7-12-17(14-18)15-8-3-1-4-9-15/h1-6,8-11,17H,7,12-14H2,(H,21,22)/b20-18-/t17-/m0/s1. The predicted molar refractivity (Wildman–Crippen MR) is 89.0 cm³/mol. The Hall–Kier alpha value is -2.42. The van der Waals surface area contributed by atoms with Gasteiger partial charge in [-0.15, -0.1) is 0 Å². The third kappa shape index (κ3) is 3.61. The van der Waals surface area contributed by atoms with Crippen molar-refractivity contribution < 1.29 is 4.79 Å². The van der Waals surface area contributed by atoms with Crippen molar-refractivity contribution in [3.05, 3.63) is 71.8 Å². The van der Waals surface area contributed by atoms with Crippen LogP contribution < -0.4 is 5.43 Å². The first kappa shape index (κ1) is 14.5. The van der Waals surface area contributed by atoms with E-state index in [1.54, 1.807) is 12.1 Å². The minimum atomic E-state index is -0.144. The summed E-state index contributed by atoms with van der Waals surface area (Å²) in [4.78, 5) is 12.0. The molecule has 0 aromatic heterocycles. The van der Waals surface area contributed by atoms with E-state index in [9.17, 15) is 4.79 Å². The molecular weight excluding hydrogens is 272 g/mol. The number of nitrogens with zero attached hydrogens (tertiary/aromatic N) is 1. The third-order valence-corrected chi connectivity index (χ3v) is 4.12. The normalized spacial score (nSPS) is 19.8. The Kier molecular flexibility index (Phi) is 4.64. The zero-order valence-corrected chi connectivity index (χ0v) is 12.5. The van der Waals surface area contributed by atoms with Gasteiger partial charge >= 0.3 is 0 Å². The summed E-state index contributed by atoms with van der Waals surface area (Å²) in [5.74, 6) is 0.372. The van der Waals surface area contributed by atoms with Crippen LogP contribution in [0.4, 0.5) is 0 Å². The highest BCUT2D eigenvalue weighted by Crippen LogP contribution is 2.31. The average molecular weight is 292 g/mol. The molecule has 2 aromatic carbocycles. The van der Waals surface area contributed by atoms with Crippen LogP contribution in [0.25, 0.3) is 0 Å². The van der Waals surface area contributed by atoms with E-state index < -0.39 is 0 Å². The first-order valence-corrected chi connectivity index (χ1v) is 7.78. The molecule has 3 nitrogen and oxygen atoms in total. The molecule has 22 heavy (non-hydrogen) atoms. The fourth-order valence-corrected chi connectivity index (χ4v) is 2.94. The van der Waals surface area contributed by atoms with E-state index in [-0.39, 0.29) is 5.91 Å². The molecule has 3 rings (SSSR count). The largest absolute Gasteiger partial charge is 0.271 e. The molecule has 112 valence electrons. The summed E-state index contributed by atoms with van der Waals surface area (Å²) in [7, 11) is 0. The second-order valence-electron chi connectivity index (χ2n) is 5.69. The molecule has 0 heterocycles. The number of carbonyl (C=O) groups excluding carboxylic acids is 1. The van der Waals surface area contributed by atoms with Gasteiger partial charge in [0.25, 0.3) is 5.91 Å². The lowest BCUT2D eigenvalue weighted by molar-refractivity contribution is 0.0954. The van der Waals surface area contributed by atoms with E-state index in [2.05, 4.69) is 34.8 Å². The van der Waals surface area contributed by atoms with Crippen LogP contribution in [0.3, 0.4) is 0 Å². The maximum atomic E-state index is 12.0. The number of benzene rings is 2. The smallest absolute Gasteiger partial charge is 0.267 e. The maximum absolute atomic E-state index is 12.0. The van der Waals surface area contributed by atoms with Crippen LogP contribution in [0.2, 0.25) is 0 Å². The highest BCUT2D eigenvalue weighted by atomic mass is 16.2. The molecule has 1 amide bonds. The van der Waals surface area contributed by atoms with Crippen LogP contribution in [0.15, 0.2) is 65.8 Å². The molecule has 0 radical (unpaired) electrons. The number of nitrogens with one attached hydrogen (secondary N) is 1. The number of hydrazone groups is 1. The van der Waals surface area contributed by atoms with Crippen LogP contribution in [0, 0.1) is 0 Å². The van der Waals surface area contributed by atoms with E-state index in [1.165, 1.54) is 12.0 Å². The van der Waals surface area contributed by atoms with Gasteiger partial charge in [-0.05, 0) is 49.3 Å². The molecule has 0 aliphatic heterocycles. The van der Waals surface area contributed by atoms with Crippen molar-refractivity contribution in [2.45, 2.75) is 31.6 Å². The first-order valence-electron chi connectivity index (χ1n) is 7.78. The highest BCUT2D eigenvalue weighted by Gasteiger charge is 2.19. The molecule has 1 N–H and O–H groups in total. The summed E-state index contributed by atoms with van der Waals surface area (Å²) >= 11 is 0. The van der Waals surface area contributed by atoms with Gasteiger partial charge in [-0.2, -0.15) is 5.10 Å². The Morgan fingerprint density at radius 3 is 2.41 bits per heavy atom. The topological polar surface area (TPSA) is 41.5 Å². The predicted octanol–water partition coefficient (Wildman–Crippen LogP) is 4.13. The van der Waals surface area contributed by atoms with Crippen molar-refractivity contribution in [3.63, 3.8) is 0 Å². The maximum Gasteiger partial charge on any atom is 0.271 e. The fraction of sp³-hybridized carbons (Fsp3) is 0.263. The summed E-state index contributed by atoms with van der Waals surface area (Å²) in [6, 6.07) is 19.8. The molecular formula is C19H20N2O. The van der Waals surface area contributed by atoms with Crippen LogP contribution >= 0.6 is 0 Å². The Balaban J connectivity index is 1.63. The summed E-state index contributed by atoms with van der Waals surface area (Å²) < 4.78 is 0. The monoisotopic (exact) mass is 292 g/mol. The quantitative estimate of drug-likeness (QED) is 0.849. The Labute approximate surface area is 131 Å². The van der Waals surface area contributed by atoms with Crippen molar-refractivity contribution in [2.75, 3.05) is 0 Å². The van der Waals surface area contributed by atoms with E-state index in [1.807, 2.05) is 24.3 Å². The van der Waals surface area contributed by atoms with E-state index in [0.29, 0.717) is 11.5 Å². The SMILES string of the molecule is O=C(N/N=C1/CCC[C@H](c2ccccc2)C1)c1ccccc1. The zero-order chi connectivity index (χ0) is 15.2. The van der Waals surface area contributed by atoms with Gasteiger partial charge in [-0.3, -0.25) is 4.79 Å². The molecule has 1 aliphatic rings. The lowest BCUT2D eigenvalue weighted by Crippen LogP contribution is -2.22.